The van der Waals surface area contributed by atoms with Crippen LogP contribution in [0.5, 0.6) is 0 Å². The van der Waals surface area contributed by atoms with E-state index in [2.05, 4.69) is 66.0 Å². The summed E-state index contributed by atoms with van der Waals surface area (Å²) >= 11 is 1.83. The molecule has 1 unspecified atom stereocenters. The number of anilines is 1. The van der Waals surface area contributed by atoms with E-state index in [4.69, 9.17) is 0 Å². The molecule has 3 heteroatoms. The second-order valence-corrected chi connectivity index (χ2v) is 6.57. The number of hydrogen-bond acceptors (Lipinski definition) is 3. The van der Waals surface area contributed by atoms with E-state index in [-0.39, 0.29) is 0 Å². The smallest absolute Gasteiger partial charge is 0.0603 e. The highest BCUT2D eigenvalue weighted by Crippen LogP contribution is 2.30. The molecule has 0 aliphatic heterocycles. The molecule has 20 heavy (non-hydrogen) atoms. The van der Waals surface area contributed by atoms with Crippen molar-refractivity contribution in [1.29, 1.82) is 0 Å². The molecule has 1 aromatic heterocycles. The quantitative estimate of drug-likeness (QED) is 0.856. The molecule has 1 heterocycles. The maximum Gasteiger partial charge on any atom is 0.0603 e. The highest BCUT2D eigenvalue weighted by atomic mass is 32.1. The third kappa shape index (κ3) is 3.05. The van der Waals surface area contributed by atoms with Crippen molar-refractivity contribution in [1.82, 2.24) is 5.32 Å². The molecule has 2 aromatic rings. The van der Waals surface area contributed by atoms with Crippen LogP contribution in [0.25, 0.3) is 0 Å². The highest BCUT2D eigenvalue weighted by Gasteiger charge is 2.21. The molecule has 0 saturated heterocycles. The zero-order valence-electron chi connectivity index (χ0n) is 12.2. The van der Waals surface area contributed by atoms with Crippen molar-refractivity contribution >= 4 is 17.0 Å². The maximum absolute atomic E-state index is 3.62. The molecule has 1 saturated carbocycles. The summed E-state index contributed by atoms with van der Waals surface area (Å²) in [5.41, 5.74) is 2.73. The van der Waals surface area contributed by atoms with Gasteiger partial charge in [-0.05, 0) is 42.8 Å². The average molecular weight is 286 g/mol. The van der Waals surface area contributed by atoms with Crippen molar-refractivity contribution < 1.29 is 0 Å². The Kier molecular flexibility index (Phi) is 4.08. The molecule has 0 radical (unpaired) electrons. The Labute approximate surface area is 125 Å². The van der Waals surface area contributed by atoms with Crippen LogP contribution in [0.2, 0.25) is 0 Å². The summed E-state index contributed by atoms with van der Waals surface area (Å²) in [5.74, 6) is 0. The van der Waals surface area contributed by atoms with Gasteiger partial charge in [0.05, 0.1) is 6.04 Å². The van der Waals surface area contributed by atoms with Crippen LogP contribution in [-0.2, 0) is 6.54 Å². The van der Waals surface area contributed by atoms with Crippen LogP contribution in [0.4, 0.5) is 5.69 Å². The lowest BCUT2D eigenvalue weighted by Gasteiger charge is -2.28. The molecule has 3 rings (SSSR count). The number of thiophene rings is 1. The largest absolute Gasteiger partial charge is 0.367 e. The van der Waals surface area contributed by atoms with Crippen molar-refractivity contribution in [2.45, 2.75) is 38.4 Å². The van der Waals surface area contributed by atoms with Crippen LogP contribution in [0.3, 0.4) is 0 Å². The van der Waals surface area contributed by atoms with Crippen molar-refractivity contribution in [3.63, 3.8) is 0 Å². The number of hydrogen-bond donors (Lipinski definition) is 1. The minimum Gasteiger partial charge on any atom is -0.367 e. The second-order valence-electron chi connectivity index (χ2n) is 5.59. The van der Waals surface area contributed by atoms with Gasteiger partial charge in [-0.1, -0.05) is 24.3 Å². The molecular weight excluding hydrogens is 264 g/mol. The first-order valence-corrected chi connectivity index (χ1v) is 8.21. The molecule has 1 aromatic carbocycles. The zero-order valence-corrected chi connectivity index (χ0v) is 13.0. The van der Waals surface area contributed by atoms with Gasteiger partial charge in [-0.15, -0.1) is 11.3 Å². The summed E-state index contributed by atoms with van der Waals surface area (Å²) in [4.78, 5) is 3.80. The van der Waals surface area contributed by atoms with Crippen LogP contribution in [0.1, 0.15) is 36.2 Å². The van der Waals surface area contributed by atoms with Gasteiger partial charge < -0.3 is 10.2 Å². The lowest BCUT2D eigenvalue weighted by molar-refractivity contribution is 0.679. The molecule has 106 valence electrons. The number of nitrogens with one attached hydrogen (secondary N) is 1. The first-order valence-electron chi connectivity index (χ1n) is 7.33. The normalized spacial score (nSPS) is 16.1. The summed E-state index contributed by atoms with van der Waals surface area (Å²) in [6.07, 6.45) is 2.67. The van der Waals surface area contributed by atoms with Crippen LogP contribution in [-0.4, -0.2) is 13.1 Å². The molecule has 2 nitrogen and oxygen atoms in total. The van der Waals surface area contributed by atoms with Crippen molar-refractivity contribution in [2.24, 2.45) is 0 Å². The molecule has 1 atom stereocenters. The van der Waals surface area contributed by atoms with E-state index in [1.165, 1.54) is 29.0 Å². The molecule has 1 aliphatic rings. The third-order valence-corrected chi connectivity index (χ3v) is 5.11. The Hall–Kier alpha value is -1.32. The Morgan fingerprint density at radius 1 is 1.25 bits per heavy atom. The maximum atomic E-state index is 3.62. The number of rotatable bonds is 6. The monoisotopic (exact) mass is 286 g/mol. The minimum atomic E-state index is 0.414. The van der Waals surface area contributed by atoms with Gasteiger partial charge in [0.15, 0.2) is 0 Å². The Morgan fingerprint density at radius 3 is 2.75 bits per heavy atom. The first-order chi connectivity index (χ1) is 9.75. The molecular formula is C17H22N2S. The molecule has 0 bridgehead atoms. The van der Waals surface area contributed by atoms with Gasteiger partial charge >= 0.3 is 0 Å². The zero-order chi connectivity index (χ0) is 13.9. The van der Waals surface area contributed by atoms with Gasteiger partial charge in [-0.3, -0.25) is 0 Å². The summed E-state index contributed by atoms with van der Waals surface area (Å²) in [5, 5.41) is 5.77. The fourth-order valence-electron chi connectivity index (χ4n) is 2.47. The van der Waals surface area contributed by atoms with Crippen molar-refractivity contribution in [3.05, 3.63) is 52.2 Å². The summed E-state index contributed by atoms with van der Waals surface area (Å²) in [7, 11) is 2.19. The van der Waals surface area contributed by atoms with E-state index < -0.39 is 0 Å². The SMILES string of the molecule is CC(c1cccs1)N(C)c1ccccc1CNC1CC1. The molecule has 1 fully saturated rings. The van der Waals surface area contributed by atoms with Gasteiger partial charge in [-0.2, -0.15) is 0 Å². The van der Waals surface area contributed by atoms with Gasteiger partial charge in [0.25, 0.3) is 0 Å². The van der Waals surface area contributed by atoms with E-state index in [1.807, 2.05) is 11.3 Å². The average Bonchev–Trinajstić information content (AvgIpc) is 3.15. The fourth-order valence-corrected chi connectivity index (χ4v) is 3.30. The lowest BCUT2D eigenvalue weighted by Crippen LogP contribution is -2.24. The van der Waals surface area contributed by atoms with Gasteiger partial charge in [0.2, 0.25) is 0 Å². The van der Waals surface area contributed by atoms with E-state index in [0.717, 1.165) is 12.6 Å². The number of benzene rings is 1. The second kappa shape index (κ2) is 5.98. The van der Waals surface area contributed by atoms with E-state index >= 15 is 0 Å². The number of para-hydroxylation sites is 1. The number of nitrogens with zero attached hydrogens (tertiary/aromatic N) is 1. The van der Waals surface area contributed by atoms with Crippen LogP contribution >= 0.6 is 11.3 Å². The first kappa shape index (κ1) is 13.7. The predicted molar refractivity (Wildman–Crippen MR) is 87.4 cm³/mol. The molecule has 0 amide bonds. The van der Waals surface area contributed by atoms with E-state index in [0.29, 0.717) is 6.04 Å². The highest BCUT2D eigenvalue weighted by molar-refractivity contribution is 7.10. The molecule has 1 aliphatic carbocycles. The van der Waals surface area contributed by atoms with Crippen LogP contribution in [0, 0.1) is 0 Å². The Balaban J connectivity index is 1.77. The van der Waals surface area contributed by atoms with E-state index in [9.17, 15) is 0 Å². The topological polar surface area (TPSA) is 15.3 Å². The lowest BCUT2D eigenvalue weighted by atomic mass is 10.1. The Bertz CT molecular complexity index is 546. The van der Waals surface area contributed by atoms with Gasteiger partial charge in [0, 0.05) is 30.2 Å². The summed E-state index contributed by atoms with van der Waals surface area (Å²) in [6, 6.07) is 14.3. The van der Waals surface area contributed by atoms with Crippen LogP contribution in [0.15, 0.2) is 41.8 Å². The Morgan fingerprint density at radius 2 is 2.05 bits per heavy atom. The fraction of sp³-hybridized carbons (Fsp3) is 0.412. The third-order valence-electron chi connectivity index (χ3n) is 4.07. The van der Waals surface area contributed by atoms with Gasteiger partial charge in [0.1, 0.15) is 0 Å². The molecule has 1 N–H and O–H groups in total. The van der Waals surface area contributed by atoms with Crippen LogP contribution < -0.4 is 10.2 Å². The standard InChI is InChI=1S/C17H22N2S/c1-13(17-8-5-11-20-17)19(2)16-7-4-3-6-14(16)12-18-15-9-10-15/h3-8,11,13,15,18H,9-10,12H2,1-2H3. The minimum absolute atomic E-state index is 0.414. The van der Waals surface area contributed by atoms with Gasteiger partial charge in [-0.25, -0.2) is 0 Å². The molecule has 0 spiro atoms. The van der Waals surface area contributed by atoms with Crippen molar-refractivity contribution in [2.75, 3.05) is 11.9 Å². The summed E-state index contributed by atoms with van der Waals surface area (Å²) in [6.45, 7) is 3.25. The summed E-state index contributed by atoms with van der Waals surface area (Å²) < 4.78 is 0. The predicted octanol–water partition coefficient (Wildman–Crippen LogP) is 4.20. The van der Waals surface area contributed by atoms with Crippen molar-refractivity contribution in [3.8, 4) is 0 Å². The van der Waals surface area contributed by atoms with E-state index in [1.54, 1.807) is 0 Å².